The van der Waals surface area contributed by atoms with Gasteiger partial charge in [0.2, 0.25) is 0 Å². The topological polar surface area (TPSA) is 175 Å². The van der Waals surface area contributed by atoms with Crippen LogP contribution in [0.1, 0.15) is 20.8 Å². The van der Waals surface area contributed by atoms with Gasteiger partial charge in [-0.25, -0.2) is 16.8 Å². The SMILES string of the molecule is CC(C)(C)C(=O)COc1c[c-]c2ccc3c(S(=O)(=O)[O-])cc(S(=O)(=O)[O-])c4ccc1c2c34.O=S=O.[Na+].[Na+].[Na+].[Y]. The molecule has 17 heteroatoms. The van der Waals surface area contributed by atoms with Gasteiger partial charge in [-0.1, -0.05) is 49.7 Å². The summed E-state index contributed by atoms with van der Waals surface area (Å²) in [6.07, 6.45) is 0. The summed E-state index contributed by atoms with van der Waals surface area (Å²) in [7, 11) is -10.2. The van der Waals surface area contributed by atoms with E-state index >= 15 is 0 Å². The Hall–Kier alpha value is 1.13. The Kier molecular flexibility index (Phi) is 17.6. The fourth-order valence-electron chi connectivity index (χ4n) is 3.62. The summed E-state index contributed by atoms with van der Waals surface area (Å²) < 4.78 is 93.5. The summed E-state index contributed by atoms with van der Waals surface area (Å²) in [6, 6.07) is 10.9. The zero-order valence-corrected chi connectivity index (χ0v) is 33.3. The normalized spacial score (nSPS) is 11.2. The van der Waals surface area contributed by atoms with Crippen molar-refractivity contribution in [2.24, 2.45) is 5.41 Å². The van der Waals surface area contributed by atoms with Gasteiger partial charge in [-0.15, -0.1) is 23.6 Å². The Balaban J connectivity index is 0. The third-order valence-electron chi connectivity index (χ3n) is 5.31. The average Bonchev–Trinajstić information content (AvgIpc) is 2.74. The third kappa shape index (κ3) is 9.56. The molecule has 4 aromatic rings. The molecule has 0 aliphatic carbocycles. The second kappa shape index (κ2) is 16.3. The van der Waals surface area contributed by atoms with Gasteiger partial charge < -0.3 is 13.8 Å². The molecule has 4 aromatic carbocycles. The van der Waals surface area contributed by atoms with Crippen LogP contribution in [-0.4, -0.2) is 46.7 Å². The number of hydrogen-bond acceptors (Lipinski definition) is 10. The van der Waals surface area contributed by atoms with Gasteiger partial charge in [-0.05, 0) is 22.2 Å². The molecule has 0 aliphatic heterocycles. The van der Waals surface area contributed by atoms with E-state index < -0.39 is 47.0 Å². The number of ether oxygens (including phenoxy) is 1. The van der Waals surface area contributed by atoms with Crippen LogP contribution < -0.4 is 93.4 Å². The smallest absolute Gasteiger partial charge is 0.744 e. The van der Waals surface area contributed by atoms with Crippen molar-refractivity contribution >= 4 is 69.9 Å². The van der Waals surface area contributed by atoms with Crippen molar-refractivity contribution in [2.75, 3.05) is 6.61 Å². The number of Topliss-reactive ketones (excluding diaryl/α,β-unsaturated/α-hetero) is 1. The molecule has 0 heterocycles. The van der Waals surface area contributed by atoms with Gasteiger partial charge in [0.1, 0.15) is 26.8 Å². The first-order valence-corrected chi connectivity index (χ1v) is 13.3. The summed E-state index contributed by atoms with van der Waals surface area (Å²) in [6.45, 7) is 5.04. The Morgan fingerprint density at radius 1 is 0.872 bits per heavy atom. The van der Waals surface area contributed by atoms with Crippen molar-refractivity contribution in [1.82, 2.24) is 0 Å². The minimum absolute atomic E-state index is 0. The van der Waals surface area contributed by atoms with Crippen LogP contribution in [0.25, 0.3) is 32.3 Å². The predicted octanol–water partition coefficient (Wildman–Crippen LogP) is -6.47. The standard InChI is InChI=1S/C22H19O8S2.3Na.O2S.Y/c1-22(2,3)19(23)11-30-16-9-5-12-4-6-14-17(31(24,25)26)10-18(32(27,28)29)15-8-7-13(16)20(12)21(14)15;;;;1-3-2;/h4,6-10H,11H2,1-3H3,(H,24,25,26)(H,27,28,29);;;;;/q-1;3*+1;;/p-2. The van der Waals surface area contributed by atoms with Crippen molar-refractivity contribution in [1.29, 1.82) is 0 Å². The molecule has 0 fully saturated rings. The first-order valence-electron chi connectivity index (χ1n) is 9.77. The Morgan fingerprint density at radius 3 is 1.74 bits per heavy atom. The van der Waals surface area contributed by atoms with E-state index in [1.807, 2.05) is 0 Å². The minimum atomic E-state index is -5.10. The maximum atomic E-state index is 12.3. The number of ketones is 1. The summed E-state index contributed by atoms with van der Waals surface area (Å²) >= 11 is -0.750. The van der Waals surface area contributed by atoms with E-state index in [-0.39, 0.29) is 156 Å². The number of hydrogen-bond donors (Lipinski definition) is 0. The van der Waals surface area contributed by atoms with Gasteiger partial charge in [0, 0.05) is 43.9 Å². The van der Waals surface area contributed by atoms with Gasteiger partial charge in [0.05, 0.1) is 9.79 Å². The zero-order valence-electron chi connectivity index (χ0n) is 22.1. The van der Waals surface area contributed by atoms with E-state index in [9.17, 15) is 30.7 Å². The molecule has 0 N–H and O–H groups in total. The van der Waals surface area contributed by atoms with Crippen molar-refractivity contribution in [3.05, 3.63) is 42.5 Å². The van der Waals surface area contributed by atoms with Crippen LogP contribution in [-0.2, 0) is 69.3 Å². The summed E-state index contributed by atoms with van der Waals surface area (Å²) in [5.74, 6) is 0.120. The Labute approximate surface area is 320 Å². The monoisotopic (exact) mass is 695 g/mol. The molecule has 0 aliphatic rings. The van der Waals surface area contributed by atoms with Gasteiger partial charge >= 0.3 is 100 Å². The van der Waals surface area contributed by atoms with Gasteiger partial charge in [-0.3, -0.25) is 4.79 Å². The van der Waals surface area contributed by atoms with Crippen LogP contribution >= 0.6 is 0 Å². The third-order valence-corrected chi connectivity index (χ3v) is 7.06. The Morgan fingerprint density at radius 2 is 1.31 bits per heavy atom. The molecule has 0 saturated heterocycles. The van der Waals surface area contributed by atoms with E-state index in [1.54, 1.807) is 20.8 Å². The van der Waals surface area contributed by atoms with Crippen molar-refractivity contribution in [2.45, 2.75) is 30.6 Å². The molecule has 1 radical (unpaired) electrons. The van der Waals surface area contributed by atoms with E-state index in [2.05, 4.69) is 6.07 Å². The summed E-state index contributed by atoms with van der Waals surface area (Å²) in [4.78, 5) is 10.7. The van der Waals surface area contributed by atoms with Gasteiger partial charge in [0.15, 0.2) is 5.78 Å². The number of benzene rings is 4. The van der Waals surface area contributed by atoms with Crippen molar-refractivity contribution in [3.63, 3.8) is 0 Å². The van der Waals surface area contributed by atoms with Crippen LogP contribution in [0.5, 0.6) is 5.75 Å². The molecule has 0 aromatic heterocycles. The molecule has 0 bridgehead atoms. The van der Waals surface area contributed by atoms with Crippen LogP contribution in [0, 0.1) is 11.5 Å². The molecule has 10 nitrogen and oxygen atoms in total. The first kappa shape index (κ1) is 42.3. The molecule has 0 amide bonds. The second-order valence-electron chi connectivity index (χ2n) is 8.54. The maximum Gasteiger partial charge on any atom is 1.00 e. The van der Waals surface area contributed by atoms with Crippen molar-refractivity contribution in [3.8, 4) is 5.75 Å². The molecule has 39 heavy (non-hydrogen) atoms. The Bertz CT molecular complexity index is 1680. The molecular formula is C22H17Na3O10S3Y. The van der Waals surface area contributed by atoms with Crippen LogP contribution in [0.15, 0.2) is 46.2 Å². The molecule has 0 saturated carbocycles. The fourth-order valence-corrected chi connectivity index (χ4v) is 5.10. The summed E-state index contributed by atoms with van der Waals surface area (Å²) in [5.41, 5.74) is -0.623. The number of carbonyl (C=O) groups is 1. The van der Waals surface area contributed by atoms with E-state index in [1.165, 1.54) is 30.3 Å². The van der Waals surface area contributed by atoms with Gasteiger partial charge in [0.25, 0.3) is 0 Å². The zero-order chi connectivity index (χ0) is 26.3. The average molecular weight is 695 g/mol. The molecule has 0 spiro atoms. The van der Waals surface area contributed by atoms with Crippen LogP contribution in [0.2, 0.25) is 0 Å². The molecule has 4 rings (SSSR count). The molecule has 0 atom stereocenters. The van der Waals surface area contributed by atoms with Gasteiger partial charge in [-0.2, -0.15) is 8.42 Å². The maximum absolute atomic E-state index is 12.3. The largest absolute Gasteiger partial charge is 1.00 e. The fraction of sp³-hybridized carbons (Fsp3) is 0.227. The predicted molar refractivity (Wildman–Crippen MR) is 124 cm³/mol. The first-order chi connectivity index (χ1) is 16.1. The minimum Gasteiger partial charge on any atom is -0.744 e. The van der Waals surface area contributed by atoms with E-state index in [0.717, 1.165) is 0 Å². The quantitative estimate of drug-likeness (QED) is 0.0846. The number of rotatable bonds is 5. The summed E-state index contributed by atoms with van der Waals surface area (Å²) in [5, 5.41) is 1.40. The van der Waals surface area contributed by atoms with E-state index in [0.29, 0.717) is 22.2 Å². The second-order valence-corrected chi connectivity index (χ2v) is 11.4. The van der Waals surface area contributed by atoms with Crippen LogP contribution in [0.3, 0.4) is 0 Å². The van der Waals surface area contributed by atoms with Crippen molar-refractivity contribution < 1.29 is 165 Å². The van der Waals surface area contributed by atoms with Crippen LogP contribution in [0.4, 0.5) is 0 Å². The van der Waals surface area contributed by atoms with E-state index in [4.69, 9.17) is 13.2 Å². The molecule has 0 unspecified atom stereocenters. The molecular weight excluding hydrogens is 678 g/mol. The molecule has 189 valence electrons. The number of carbonyl (C=O) groups excluding carboxylic acids is 1.